The highest BCUT2D eigenvalue weighted by atomic mass is 35.5. The number of ketones is 1. The van der Waals surface area contributed by atoms with Crippen LogP contribution in [0.3, 0.4) is 0 Å². The molecule has 2 nitrogen and oxygen atoms in total. The van der Waals surface area contributed by atoms with Gasteiger partial charge in [0.05, 0.1) is 5.69 Å². The van der Waals surface area contributed by atoms with Crippen LogP contribution < -0.4 is 0 Å². The molecular weight excluding hydrogens is 222 g/mol. The van der Waals surface area contributed by atoms with Gasteiger partial charge >= 0.3 is 0 Å². The number of hydrogen-bond donors (Lipinski definition) is 0. The van der Waals surface area contributed by atoms with E-state index in [1.807, 2.05) is 30.7 Å². The monoisotopic (exact) mass is 233 g/mol. The smallest absolute Gasteiger partial charge is 0.209 e. The van der Waals surface area contributed by atoms with Crippen LogP contribution in [0.1, 0.15) is 21.7 Å². The summed E-state index contributed by atoms with van der Waals surface area (Å²) in [5.41, 5.74) is 2.42. The van der Waals surface area contributed by atoms with Gasteiger partial charge in [0.2, 0.25) is 5.78 Å². The minimum absolute atomic E-state index is 0.0206. The number of rotatable bonds is 2. The Morgan fingerprint density at radius 3 is 2.25 bits per heavy atom. The fourth-order valence-corrected chi connectivity index (χ4v) is 1.72. The third kappa shape index (κ3) is 1.89. The normalized spacial score (nSPS) is 10.4. The van der Waals surface area contributed by atoms with Gasteiger partial charge in [0, 0.05) is 23.3 Å². The predicted molar refractivity (Wildman–Crippen MR) is 65.0 cm³/mol. The summed E-state index contributed by atoms with van der Waals surface area (Å²) in [6.45, 7) is 1.97. The number of carbonyl (C=O) groups excluding carboxylic acids is 1. The molecule has 82 valence electrons. The Morgan fingerprint density at radius 2 is 1.75 bits per heavy atom. The molecule has 0 atom stereocenters. The second-order valence-corrected chi connectivity index (χ2v) is 4.19. The van der Waals surface area contributed by atoms with Crippen molar-refractivity contribution in [2.45, 2.75) is 6.92 Å². The molecule has 0 fully saturated rings. The molecule has 0 aliphatic heterocycles. The summed E-state index contributed by atoms with van der Waals surface area (Å²) in [6, 6.07) is 10.7. The molecular formula is C13H12ClNO. The number of aryl methyl sites for hydroxylation is 1. The van der Waals surface area contributed by atoms with Crippen LogP contribution in [0.2, 0.25) is 5.02 Å². The molecule has 0 N–H and O–H groups in total. The maximum atomic E-state index is 12.1. The molecule has 1 aromatic carbocycles. The van der Waals surface area contributed by atoms with E-state index in [2.05, 4.69) is 0 Å². The van der Waals surface area contributed by atoms with Gasteiger partial charge in [-0.3, -0.25) is 4.79 Å². The average molecular weight is 234 g/mol. The molecule has 2 aromatic rings. The number of aromatic nitrogens is 1. The lowest BCUT2D eigenvalue weighted by molar-refractivity contribution is 0.103. The van der Waals surface area contributed by atoms with Crippen LogP contribution in [-0.2, 0) is 7.05 Å². The highest BCUT2D eigenvalue weighted by molar-refractivity contribution is 6.30. The van der Waals surface area contributed by atoms with Gasteiger partial charge in [-0.15, -0.1) is 0 Å². The second-order valence-electron chi connectivity index (χ2n) is 3.75. The maximum absolute atomic E-state index is 12.1. The first kappa shape index (κ1) is 11.0. The molecule has 0 amide bonds. The van der Waals surface area contributed by atoms with Crippen LogP contribution in [0.4, 0.5) is 0 Å². The SMILES string of the molecule is Cc1ccc(C(=O)c2ccc(Cl)cc2)n1C. The van der Waals surface area contributed by atoms with E-state index in [4.69, 9.17) is 11.6 Å². The third-order valence-corrected chi connectivity index (χ3v) is 2.96. The first-order valence-electron chi connectivity index (χ1n) is 5.02. The quantitative estimate of drug-likeness (QED) is 0.730. The molecule has 0 spiro atoms. The van der Waals surface area contributed by atoms with Crippen molar-refractivity contribution in [2.75, 3.05) is 0 Å². The van der Waals surface area contributed by atoms with Crippen LogP contribution in [0, 0.1) is 6.92 Å². The Hall–Kier alpha value is -1.54. The Bertz CT molecular complexity index is 525. The standard InChI is InChI=1S/C13H12ClNO/c1-9-3-8-12(15(9)2)13(16)10-4-6-11(14)7-5-10/h3-8H,1-2H3. The van der Waals surface area contributed by atoms with E-state index < -0.39 is 0 Å². The molecule has 3 heteroatoms. The number of nitrogens with zero attached hydrogens (tertiary/aromatic N) is 1. The largest absolute Gasteiger partial charge is 0.345 e. The molecule has 2 rings (SSSR count). The van der Waals surface area contributed by atoms with E-state index in [0.717, 1.165) is 5.69 Å². The number of halogens is 1. The summed E-state index contributed by atoms with van der Waals surface area (Å²) in [4.78, 5) is 12.1. The first-order chi connectivity index (χ1) is 7.59. The van der Waals surface area contributed by atoms with Gasteiger partial charge in [-0.2, -0.15) is 0 Å². The highest BCUT2D eigenvalue weighted by Crippen LogP contribution is 2.15. The van der Waals surface area contributed by atoms with Crippen molar-refractivity contribution in [1.29, 1.82) is 0 Å². The fraction of sp³-hybridized carbons (Fsp3) is 0.154. The van der Waals surface area contributed by atoms with E-state index in [-0.39, 0.29) is 5.78 Å². The van der Waals surface area contributed by atoms with Gasteiger partial charge in [-0.1, -0.05) is 11.6 Å². The summed E-state index contributed by atoms with van der Waals surface area (Å²) in [5, 5.41) is 0.639. The van der Waals surface area contributed by atoms with Gasteiger partial charge < -0.3 is 4.57 Å². The second kappa shape index (κ2) is 4.14. The Morgan fingerprint density at radius 1 is 1.12 bits per heavy atom. The van der Waals surface area contributed by atoms with Crippen molar-refractivity contribution in [2.24, 2.45) is 7.05 Å². The maximum Gasteiger partial charge on any atom is 0.209 e. The van der Waals surface area contributed by atoms with Crippen molar-refractivity contribution in [1.82, 2.24) is 4.57 Å². The lowest BCUT2D eigenvalue weighted by atomic mass is 10.1. The zero-order valence-electron chi connectivity index (χ0n) is 9.20. The topological polar surface area (TPSA) is 22.0 Å². The number of hydrogen-bond acceptors (Lipinski definition) is 1. The fourth-order valence-electron chi connectivity index (χ4n) is 1.59. The van der Waals surface area contributed by atoms with Crippen molar-refractivity contribution in [3.05, 3.63) is 58.4 Å². The zero-order chi connectivity index (χ0) is 11.7. The van der Waals surface area contributed by atoms with Gasteiger partial charge in [-0.25, -0.2) is 0 Å². The minimum atomic E-state index is 0.0206. The van der Waals surface area contributed by atoms with Gasteiger partial charge in [0.1, 0.15) is 0 Å². The number of benzene rings is 1. The Balaban J connectivity index is 2.39. The van der Waals surface area contributed by atoms with Crippen LogP contribution in [0.5, 0.6) is 0 Å². The molecule has 0 unspecified atom stereocenters. The molecule has 0 saturated heterocycles. The summed E-state index contributed by atoms with van der Waals surface area (Å²) in [5.74, 6) is 0.0206. The predicted octanol–water partition coefficient (Wildman–Crippen LogP) is 3.22. The van der Waals surface area contributed by atoms with Crippen molar-refractivity contribution in [3.63, 3.8) is 0 Å². The van der Waals surface area contributed by atoms with Gasteiger partial charge in [0.15, 0.2) is 0 Å². The molecule has 0 aliphatic carbocycles. The first-order valence-corrected chi connectivity index (χ1v) is 5.40. The molecule has 0 aliphatic rings. The van der Waals surface area contributed by atoms with E-state index in [9.17, 15) is 4.79 Å². The average Bonchev–Trinajstić information content (AvgIpc) is 2.60. The lowest BCUT2D eigenvalue weighted by Crippen LogP contribution is -2.07. The molecule has 0 radical (unpaired) electrons. The third-order valence-electron chi connectivity index (χ3n) is 2.71. The summed E-state index contributed by atoms with van der Waals surface area (Å²) >= 11 is 5.78. The van der Waals surface area contributed by atoms with Crippen LogP contribution in [-0.4, -0.2) is 10.4 Å². The van der Waals surface area contributed by atoms with E-state index in [1.54, 1.807) is 24.3 Å². The molecule has 1 aromatic heterocycles. The minimum Gasteiger partial charge on any atom is -0.345 e. The molecule has 0 bridgehead atoms. The zero-order valence-corrected chi connectivity index (χ0v) is 9.95. The van der Waals surface area contributed by atoms with Crippen molar-refractivity contribution in [3.8, 4) is 0 Å². The van der Waals surface area contributed by atoms with E-state index in [0.29, 0.717) is 16.3 Å². The van der Waals surface area contributed by atoms with E-state index in [1.165, 1.54) is 0 Å². The molecule has 1 heterocycles. The Kier molecular flexibility index (Phi) is 2.84. The van der Waals surface area contributed by atoms with Crippen LogP contribution in [0.25, 0.3) is 0 Å². The lowest BCUT2D eigenvalue weighted by Gasteiger charge is -2.04. The van der Waals surface area contributed by atoms with Crippen LogP contribution in [0.15, 0.2) is 36.4 Å². The van der Waals surface area contributed by atoms with Gasteiger partial charge in [-0.05, 0) is 43.3 Å². The molecule has 16 heavy (non-hydrogen) atoms. The van der Waals surface area contributed by atoms with Crippen LogP contribution >= 0.6 is 11.6 Å². The summed E-state index contributed by atoms with van der Waals surface area (Å²) in [6.07, 6.45) is 0. The Labute approximate surface area is 99.5 Å². The molecule has 0 saturated carbocycles. The summed E-state index contributed by atoms with van der Waals surface area (Å²) < 4.78 is 1.89. The van der Waals surface area contributed by atoms with Crippen molar-refractivity contribution < 1.29 is 4.79 Å². The number of carbonyl (C=O) groups is 1. The summed E-state index contributed by atoms with van der Waals surface area (Å²) in [7, 11) is 1.89. The van der Waals surface area contributed by atoms with E-state index >= 15 is 0 Å². The highest BCUT2D eigenvalue weighted by Gasteiger charge is 2.12. The van der Waals surface area contributed by atoms with Crippen molar-refractivity contribution >= 4 is 17.4 Å². The van der Waals surface area contributed by atoms with Gasteiger partial charge in [0.25, 0.3) is 0 Å².